The first-order valence-corrected chi connectivity index (χ1v) is 13.7. The monoisotopic (exact) mass is 500 g/mol. The quantitative estimate of drug-likeness (QED) is 0.548. The molecule has 0 N–H and O–H groups in total. The molecule has 3 heterocycles. The number of rotatable bonds is 4. The summed E-state index contributed by atoms with van der Waals surface area (Å²) in [5.74, 6) is -0.0780. The Morgan fingerprint density at radius 2 is 1.65 bits per heavy atom. The van der Waals surface area contributed by atoms with E-state index in [0.717, 1.165) is 10.6 Å². The number of piperazine rings is 1. The number of sulfonamides is 1. The molecule has 0 spiro atoms. The van der Waals surface area contributed by atoms with Crippen molar-refractivity contribution in [2.45, 2.75) is 18.7 Å². The second-order valence-electron chi connectivity index (χ2n) is 8.75. The lowest BCUT2D eigenvalue weighted by Crippen LogP contribution is -2.48. The summed E-state index contributed by atoms with van der Waals surface area (Å²) in [6.45, 7) is 8.32. The number of aryl methyl sites for hydroxylation is 2. The number of carbonyl (C=O) groups excluding carboxylic acids is 1. The molecule has 10 heteroatoms. The largest absolute Gasteiger partial charge is 0.379 e. The van der Waals surface area contributed by atoms with Crippen molar-refractivity contribution < 1.29 is 17.9 Å². The van der Waals surface area contributed by atoms with Gasteiger partial charge in [0.1, 0.15) is 0 Å². The van der Waals surface area contributed by atoms with Crippen molar-refractivity contribution in [1.82, 2.24) is 14.2 Å². The van der Waals surface area contributed by atoms with E-state index in [-0.39, 0.29) is 10.8 Å². The third-order valence-electron chi connectivity index (χ3n) is 6.36. The predicted molar refractivity (Wildman–Crippen MR) is 133 cm³/mol. The highest BCUT2D eigenvalue weighted by Crippen LogP contribution is 2.32. The van der Waals surface area contributed by atoms with Crippen molar-refractivity contribution in [3.8, 4) is 0 Å². The van der Waals surface area contributed by atoms with E-state index in [1.165, 1.54) is 32.3 Å². The van der Waals surface area contributed by atoms with Gasteiger partial charge in [0.15, 0.2) is 5.13 Å². The van der Waals surface area contributed by atoms with E-state index >= 15 is 0 Å². The average molecular weight is 501 g/mol. The van der Waals surface area contributed by atoms with Gasteiger partial charge in [-0.3, -0.25) is 4.79 Å². The van der Waals surface area contributed by atoms with Crippen molar-refractivity contribution in [3.05, 3.63) is 53.1 Å². The van der Waals surface area contributed by atoms with Gasteiger partial charge in [-0.1, -0.05) is 17.4 Å². The zero-order valence-electron chi connectivity index (χ0n) is 19.4. The van der Waals surface area contributed by atoms with Gasteiger partial charge in [0.05, 0.1) is 28.3 Å². The number of ether oxygens (including phenoxy) is 1. The van der Waals surface area contributed by atoms with Crippen LogP contribution in [0.4, 0.5) is 5.13 Å². The van der Waals surface area contributed by atoms with Gasteiger partial charge in [0, 0.05) is 44.8 Å². The number of carbonyl (C=O) groups is 1. The number of anilines is 1. The van der Waals surface area contributed by atoms with Crippen molar-refractivity contribution >= 4 is 42.6 Å². The van der Waals surface area contributed by atoms with Crippen LogP contribution in [0.1, 0.15) is 21.5 Å². The van der Waals surface area contributed by atoms with Gasteiger partial charge in [0.2, 0.25) is 10.0 Å². The van der Waals surface area contributed by atoms with E-state index in [1.807, 2.05) is 4.90 Å². The van der Waals surface area contributed by atoms with Gasteiger partial charge in [-0.15, -0.1) is 0 Å². The van der Waals surface area contributed by atoms with Gasteiger partial charge in [-0.05, 0) is 55.3 Å². The van der Waals surface area contributed by atoms with Gasteiger partial charge in [-0.25, -0.2) is 13.4 Å². The van der Waals surface area contributed by atoms with Crippen LogP contribution in [0.25, 0.3) is 10.2 Å². The van der Waals surface area contributed by atoms with Crippen LogP contribution >= 0.6 is 11.3 Å². The highest BCUT2D eigenvalue weighted by atomic mass is 32.2. The molecule has 0 radical (unpaired) electrons. The minimum atomic E-state index is -3.57. The molecule has 0 unspecified atom stereocenters. The molecule has 0 bridgehead atoms. The Bertz CT molecular complexity index is 1310. The molecular formula is C24H28N4O4S2. The van der Waals surface area contributed by atoms with Crippen molar-refractivity contribution in [3.63, 3.8) is 0 Å². The molecule has 8 nitrogen and oxygen atoms in total. The van der Waals surface area contributed by atoms with Crippen LogP contribution in [-0.4, -0.2) is 81.0 Å². The number of nitrogens with zero attached hydrogens (tertiary/aromatic N) is 4. The Morgan fingerprint density at radius 3 is 2.32 bits per heavy atom. The number of hydrogen-bond donors (Lipinski definition) is 0. The summed E-state index contributed by atoms with van der Waals surface area (Å²) >= 11 is 1.70. The smallest absolute Gasteiger partial charge is 0.253 e. The Labute approximate surface area is 203 Å². The van der Waals surface area contributed by atoms with Gasteiger partial charge in [-0.2, -0.15) is 4.31 Å². The molecule has 2 fully saturated rings. The van der Waals surface area contributed by atoms with Crippen LogP contribution in [0.3, 0.4) is 0 Å². The maximum absolute atomic E-state index is 13.0. The fourth-order valence-electron chi connectivity index (χ4n) is 4.49. The molecule has 2 aromatic carbocycles. The Kier molecular flexibility index (Phi) is 6.32. The van der Waals surface area contributed by atoms with Crippen LogP contribution in [0, 0.1) is 13.8 Å². The fourth-order valence-corrected chi connectivity index (χ4v) is 6.96. The maximum atomic E-state index is 13.0. The lowest BCUT2D eigenvalue weighted by atomic mass is 10.1. The van der Waals surface area contributed by atoms with E-state index < -0.39 is 10.0 Å². The topological polar surface area (TPSA) is 83.1 Å². The molecule has 1 amide bonds. The van der Waals surface area contributed by atoms with Crippen LogP contribution in [0.2, 0.25) is 0 Å². The molecule has 180 valence electrons. The molecule has 1 aromatic heterocycles. The van der Waals surface area contributed by atoms with Crippen LogP contribution < -0.4 is 4.90 Å². The van der Waals surface area contributed by atoms with Crippen molar-refractivity contribution in [2.75, 3.05) is 57.4 Å². The minimum absolute atomic E-state index is 0.0780. The SMILES string of the molecule is Cc1cc(C)c2sc(N3CCN(C(=O)c4ccc(S(=O)(=O)N5CCOCC5)cc4)CC3)nc2c1. The highest BCUT2D eigenvalue weighted by Gasteiger charge is 2.28. The molecule has 0 aliphatic carbocycles. The fraction of sp³-hybridized carbons (Fsp3) is 0.417. The summed E-state index contributed by atoms with van der Waals surface area (Å²) in [5.41, 5.74) is 3.98. The number of thiazole rings is 1. The summed E-state index contributed by atoms with van der Waals surface area (Å²) in [5, 5.41) is 0.994. The molecule has 0 atom stereocenters. The van der Waals surface area contributed by atoms with Crippen molar-refractivity contribution in [1.29, 1.82) is 0 Å². The zero-order chi connectivity index (χ0) is 23.9. The maximum Gasteiger partial charge on any atom is 0.253 e. The first-order chi connectivity index (χ1) is 16.3. The zero-order valence-corrected chi connectivity index (χ0v) is 21.0. The summed E-state index contributed by atoms with van der Waals surface area (Å²) in [6.07, 6.45) is 0. The minimum Gasteiger partial charge on any atom is -0.379 e. The summed E-state index contributed by atoms with van der Waals surface area (Å²) < 4.78 is 33.5. The van der Waals surface area contributed by atoms with Gasteiger partial charge < -0.3 is 14.5 Å². The number of benzene rings is 2. The van der Waals surface area contributed by atoms with Gasteiger partial charge in [0.25, 0.3) is 5.91 Å². The number of amides is 1. The molecule has 0 saturated carbocycles. The first kappa shape index (κ1) is 23.2. The van der Waals surface area contributed by atoms with E-state index in [1.54, 1.807) is 23.5 Å². The Morgan fingerprint density at radius 1 is 0.971 bits per heavy atom. The second kappa shape index (κ2) is 9.26. The highest BCUT2D eigenvalue weighted by molar-refractivity contribution is 7.89. The molecule has 2 saturated heterocycles. The Balaban J connectivity index is 1.24. The number of aromatic nitrogens is 1. The number of hydrogen-bond acceptors (Lipinski definition) is 7. The lowest BCUT2D eigenvalue weighted by molar-refractivity contribution is 0.0730. The molecular weight excluding hydrogens is 472 g/mol. The average Bonchev–Trinajstić information content (AvgIpc) is 3.29. The summed E-state index contributed by atoms with van der Waals surface area (Å²) in [4.78, 5) is 22.1. The third-order valence-corrected chi connectivity index (χ3v) is 9.54. The van der Waals surface area contributed by atoms with Crippen LogP contribution in [-0.2, 0) is 14.8 Å². The second-order valence-corrected chi connectivity index (χ2v) is 11.7. The first-order valence-electron chi connectivity index (χ1n) is 11.4. The number of morpholine rings is 1. The molecule has 5 rings (SSSR count). The van der Waals surface area contributed by atoms with E-state index in [0.29, 0.717) is 58.0 Å². The standard InChI is InChI=1S/C24H28N4O4S2/c1-17-15-18(2)22-21(16-17)25-24(33-22)27-9-7-26(8-10-27)23(29)19-3-5-20(6-4-19)34(30,31)28-11-13-32-14-12-28/h3-6,15-16H,7-14H2,1-2H3. The van der Waals surface area contributed by atoms with E-state index in [2.05, 4.69) is 30.9 Å². The molecule has 34 heavy (non-hydrogen) atoms. The third kappa shape index (κ3) is 4.43. The van der Waals surface area contributed by atoms with Crippen LogP contribution in [0.5, 0.6) is 0 Å². The molecule has 3 aromatic rings. The number of fused-ring (bicyclic) bond motifs is 1. The molecule has 2 aliphatic heterocycles. The van der Waals surface area contributed by atoms with Crippen LogP contribution in [0.15, 0.2) is 41.3 Å². The lowest BCUT2D eigenvalue weighted by Gasteiger charge is -2.34. The van der Waals surface area contributed by atoms with Crippen molar-refractivity contribution in [2.24, 2.45) is 0 Å². The Hall–Kier alpha value is -2.53. The summed E-state index contributed by atoms with van der Waals surface area (Å²) in [7, 11) is -3.57. The summed E-state index contributed by atoms with van der Waals surface area (Å²) in [6, 6.07) is 10.6. The molecule has 2 aliphatic rings. The van der Waals surface area contributed by atoms with E-state index in [4.69, 9.17) is 9.72 Å². The van der Waals surface area contributed by atoms with Gasteiger partial charge >= 0.3 is 0 Å². The predicted octanol–water partition coefficient (Wildman–Crippen LogP) is 2.90. The normalized spacial score (nSPS) is 17.9. The van der Waals surface area contributed by atoms with E-state index in [9.17, 15) is 13.2 Å².